The van der Waals surface area contributed by atoms with Gasteiger partial charge in [-0.1, -0.05) is 0 Å². The molecule has 2 aliphatic rings. The first kappa shape index (κ1) is 13.4. The zero-order valence-corrected chi connectivity index (χ0v) is 11.9. The zero-order chi connectivity index (χ0) is 14.1. The molecule has 5 heteroatoms. The molecule has 0 spiro atoms. The molecule has 0 aromatic carbocycles. The second-order valence-electron chi connectivity index (χ2n) is 5.90. The van der Waals surface area contributed by atoms with E-state index in [9.17, 15) is 4.79 Å². The lowest BCUT2D eigenvalue weighted by molar-refractivity contribution is -0.120. The SMILES string of the molecule is CC(C)Oc1ncccc1NC(=O)C1CC2CCC1N2. The predicted octanol–water partition coefficient (Wildman–Crippen LogP) is 1.95. The van der Waals surface area contributed by atoms with Gasteiger partial charge in [0.15, 0.2) is 0 Å². The van der Waals surface area contributed by atoms with Crippen molar-refractivity contribution in [2.45, 2.75) is 51.3 Å². The lowest BCUT2D eigenvalue weighted by atomic mass is 9.88. The van der Waals surface area contributed by atoms with Gasteiger partial charge in [0.1, 0.15) is 5.69 Å². The van der Waals surface area contributed by atoms with Crippen LogP contribution in [0.5, 0.6) is 5.88 Å². The Hall–Kier alpha value is -1.62. The van der Waals surface area contributed by atoms with Crippen LogP contribution >= 0.6 is 0 Å². The second kappa shape index (κ2) is 5.40. The quantitative estimate of drug-likeness (QED) is 0.881. The number of pyridine rings is 1. The third-order valence-corrected chi connectivity index (χ3v) is 4.01. The van der Waals surface area contributed by atoms with Crippen molar-refractivity contribution in [1.29, 1.82) is 0 Å². The van der Waals surface area contributed by atoms with Gasteiger partial charge in [-0.25, -0.2) is 4.98 Å². The monoisotopic (exact) mass is 275 g/mol. The number of nitrogens with zero attached hydrogens (tertiary/aromatic N) is 1. The van der Waals surface area contributed by atoms with Gasteiger partial charge in [-0.15, -0.1) is 0 Å². The summed E-state index contributed by atoms with van der Waals surface area (Å²) >= 11 is 0. The van der Waals surface area contributed by atoms with Crippen LogP contribution in [0.25, 0.3) is 0 Å². The van der Waals surface area contributed by atoms with E-state index >= 15 is 0 Å². The summed E-state index contributed by atoms with van der Waals surface area (Å²) in [7, 11) is 0. The van der Waals surface area contributed by atoms with Crippen LogP contribution in [-0.2, 0) is 4.79 Å². The van der Waals surface area contributed by atoms with Gasteiger partial charge in [-0.2, -0.15) is 0 Å². The average molecular weight is 275 g/mol. The molecule has 3 unspecified atom stereocenters. The molecular weight excluding hydrogens is 254 g/mol. The summed E-state index contributed by atoms with van der Waals surface area (Å²) < 4.78 is 5.63. The lowest BCUT2D eigenvalue weighted by Crippen LogP contribution is -2.33. The maximum absolute atomic E-state index is 12.4. The summed E-state index contributed by atoms with van der Waals surface area (Å²) in [6.07, 6.45) is 4.95. The Labute approximate surface area is 119 Å². The molecule has 0 radical (unpaired) electrons. The highest BCUT2D eigenvalue weighted by Crippen LogP contribution is 2.34. The Morgan fingerprint density at radius 3 is 3.00 bits per heavy atom. The molecule has 3 heterocycles. The molecule has 3 rings (SSSR count). The van der Waals surface area contributed by atoms with E-state index in [2.05, 4.69) is 15.6 Å². The lowest BCUT2D eigenvalue weighted by Gasteiger charge is -2.20. The van der Waals surface area contributed by atoms with Crippen LogP contribution in [0.1, 0.15) is 33.1 Å². The van der Waals surface area contributed by atoms with Crippen LogP contribution in [0, 0.1) is 5.92 Å². The Balaban J connectivity index is 1.70. The van der Waals surface area contributed by atoms with Gasteiger partial charge < -0.3 is 15.4 Å². The average Bonchev–Trinajstić information content (AvgIpc) is 3.02. The van der Waals surface area contributed by atoms with Crippen molar-refractivity contribution in [2.75, 3.05) is 5.32 Å². The van der Waals surface area contributed by atoms with Gasteiger partial charge in [0.05, 0.1) is 12.0 Å². The van der Waals surface area contributed by atoms with E-state index in [1.807, 2.05) is 26.0 Å². The first-order chi connectivity index (χ1) is 9.63. The van der Waals surface area contributed by atoms with Crippen molar-refractivity contribution < 1.29 is 9.53 Å². The minimum atomic E-state index is 0.0321. The normalized spacial score (nSPS) is 27.9. The molecule has 1 amide bonds. The number of ether oxygens (including phenoxy) is 1. The Bertz CT molecular complexity index is 504. The third kappa shape index (κ3) is 2.63. The third-order valence-electron chi connectivity index (χ3n) is 4.01. The molecule has 5 nitrogen and oxygen atoms in total. The summed E-state index contributed by atoms with van der Waals surface area (Å²) in [5.41, 5.74) is 0.661. The fourth-order valence-corrected chi connectivity index (χ4v) is 3.14. The molecule has 2 N–H and O–H groups in total. The first-order valence-corrected chi connectivity index (χ1v) is 7.32. The fourth-order valence-electron chi connectivity index (χ4n) is 3.14. The van der Waals surface area contributed by atoms with Gasteiger partial charge in [0.25, 0.3) is 0 Å². The van der Waals surface area contributed by atoms with Crippen molar-refractivity contribution in [1.82, 2.24) is 10.3 Å². The molecule has 20 heavy (non-hydrogen) atoms. The number of carbonyl (C=O) groups excluding carboxylic acids is 1. The Kier molecular flexibility index (Phi) is 3.61. The number of nitrogens with one attached hydrogen (secondary N) is 2. The van der Waals surface area contributed by atoms with Crippen molar-refractivity contribution in [2.24, 2.45) is 5.92 Å². The number of fused-ring (bicyclic) bond motifs is 2. The second-order valence-corrected chi connectivity index (χ2v) is 5.90. The molecular formula is C15H21N3O2. The van der Waals surface area contributed by atoms with E-state index in [1.54, 1.807) is 6.20 Å². The molecule has 2 fully saturated rings. The highest BCUT2D eigenvalue weighted by molar-refractivity contribution is 5.94. The minimum Gasteiger partial charge on any atom is -0.473 e. The predicted molar refractivity (Wildman–Crippen MR) is 76.7 cm³/mol. The number of amides is 1. The largest absolute Gasteiger partial charge is 0.473 e. The van der Waals surface area contributed by atoms with Gasteiger partial charge in [-0.3, -0.25) is 4.79 Å². The van der Waals surface area contributed by atoms with Crippen LogP contribution in [0.3, 0.4) is 0 Å². The van der Waals surface area contributed by atoms with E-state index in [0.717, 1.165) is 12.8 Å². The summed E-state index contributed by atoms with van der Waals surface area (Å²) in [6.45, 7) is 3.89. The summed E-state index contributed by atoms with van der Waals surface area (Å²) in [4.78, 5) is 16.6. The van der Waals surface area contributed by atoms with Crippen LogP contribution in [0.4, 0.5) is 5.69 Å². The Morgan fingerprint density at radius 2 is 2.35 bits per heavy atom. The van der Waals surface area contributed by atoms with Crippen molar-refractivity contribution in [3.8, 4) is 5.88 Å². The molecule has 2 bridgehead atoms. The van der Waals surface area contributed by atoms with Crippen LogP contribution in [-0.4, -0.2) is 29.1 Å². The van der Waals surface area contributed by atoms with E-state index in [0.29, 0.717) is 23.7 Å². The van der Waals surface area contributed by atoms with E-state index in [4.69, 9.17) is 4.74 Å². The molecule has 2 saturated heterocycles. The van der Waals surface area contributed by atoms with Gasteiger partial charge in [-0.05, 0) is 45.2 Å². The summed E-state index contributed by atoms with van der Waals surface area (Å²) in [5, 5.41) is 6.46. The number of anilines is 1. The summed E-state index contributed by atoms with van der Waals surface area (Å²) in [6, 6.07) is 4.51. The van der Waals surface area contributed by atoms with Gasteiger partial charge >= 0.3 is 0 Å². The minimum absolute atomic E-state index is 0.0321. The number of aromatic nitrogens is 1. The molecule has 3 atom stereocenters. The number of rotatable bonds is 4. The molecule has 2 aliphatic heterocycles. The molecule has 108 valence electrons. The van der Waals surface area contributed by atoms with Crippen molar-refractivity contribution in [3.05, 3.63) is 18.3 Å². The number of carbonyl (C=O) groups is 1. The molecule has 1 aromatic heterocycles. The van der Waals surface area contributed by atoms with Crippen LogP contribution in [0.2, 0.25) is 0 Å². The highest BCUT2D eigenvalue weighted by atomic mass is 16.5. The highest BCUT2D eigenvalue weighted by Gasteiger charge is 2.42. The topological polar surface area (TPSA) is 63.2 Å². The molecule has 1 aromatic rings. The smallest absolute Gasteiger partial charge is 0.238 e. The molecule has 0 saturated carbocycles. The van der Waals surface area contributed by atoms with Gasteiger partial charge in [0, 0.05) is 18.3 Å². The van der Waals surface area contributed by atoms with E-state index in [-0.39, 0.29) is 17.9 Å². The Morgan fingerprint density at radius 1 is 1.50 bits per heavy atom. The van der Waals surface area contributed by atoms with Gasteiger partial charge in [0.2, 0.25) is 11.8 Å². The van der Waals surface area contributed by atoms with Crippen molar-refractivity contribution >= 4 is 11.6 Å². The maximum Gasteiger partial charge on any atom is 0.238 e. The fraction of sp³-hybridized carbons (Fsp3) is 0.600. The number of hydrogen-bond acceptors (Lipinski definition) is 4. The first-order valence-electron chi connectivity index (χ1n) is 7.32. The van der Waals surface area contributed by atoms with E-state index < -0.39 is 0 Å². The molecule has 0 aliphatic carbocycles. The zero-order valence-electron chi connectivity index (χ0n) is 11.9. The van der Waals surface area contributed by atoms with E-state index in [1.165, 1.54) is 6.42 Å². The summed E-state index contributed by atoms with van der Waals surface area (Å²) in [5.74, 6) is 0.638. The van der Waals surface area contributed by atoms with Crippen LogP contribution in [0.15, 0.2) is 18.3 Å². The maximum atomic E-state index is 12.4. The van der Waals surface area contributed by atoms with Crippen LogP contribution < -0.4 is 15.4 Å². The standard InChI is InChI=1S/C15H21N3O2/c1-9(2)20-15-13(4-3-7-16-15)18-14(19)11-8-10-5-6-12(11)17-10/h3-4,7,9-12,17H,5-6,8H2,1-2H3,(H,18,19). The van der Waals surface area contributed by atoms with Crippen molar-refractivity contribution in [3.63, 3.8) is 0 Å². The number of hydrogen-bond donors (Lipinski definition) is 2.